The predicted molar refractivity (Wildman–Crippen MR) is 224 cm³/mol. The van der Waals surface area contributed by atoms with Crippen LogP contribution in [0.25, 0.3) is 22.2 Å². The Hall–Kier alpha value is -6.17. The number of benzene rings is 4. The van der Waals surface area contributed by atoms with Crippen LogP contribution in [0.15, 0.2) is 103 Å². The van der Waals surface area contributed by atoms with Crippen molar-refractivity contribution in [3.8, 4) is 11.3 Å². The van der Waals surface area contributed by atoms with Crippen LogP contribution in [-0.2, 0) is 31.2 Å². The summed E-state index contributed by atoms with van der Waals surface area (Å²) in [7, 11) is 3.72. The van der Waals surface area contributed by atoms with Crippen LogP contribution in [0.5, 0.6) is 0 Å². The molecule has 1 saturated heterocycles. The summed E-state index contributed by atoms with van der Waals surface area (Å²) in [4.78, 5) is 53.7. The Bertz CT molecular complexity index is 2540. The topological polar surface area (TPSA) is 114 Å². The van der Waals surface area contributed by atoms with Gasteiger partial charge in [-0.1, -0.05) is 60.7 Å². The number of ether oxygens (including phenoxy) is 1. The van der Waals surface area contributed by atoms with Crippen molar-refractivity contribution in [3.63, 3.8) is 0 Å². The van der Waals surface area contributed by atoms with Gasteiger partial charge in [0.25, 0.3) is 11.8 Å². The molecule has 2 aromatic heterocycles. The summed E-state index contributed by atoms with van der Waals surface area (Å²) in [6, 6.07) is 31.1. The molecule has 296 valence electrons. The number of rotatable bonds is 7. The standard InChI is InChI=1S/C47H48N6O5/c1-30-38(45(54)50(3)35-13-5-4-6-14-35)27-42(49(30)2)40-25-33-17-19-52(47(56)57)44(37-15-9-12-31-16-18-48-43(31)37)39(33)26-41(40)46(55)53-28-34-11-8-7-10-32(34)24-36(53)29-51-20-22-58-23-21-51/h4-16,18,25-27,36,44,48H,17,19-24,28-29H2,1-3H3,(H,56,57)/t36-,44?/m0/s1. The zero-order valence-electron chi connectivity index (χ0n) is 33.1. The van der Waals surface area contributed by atoms with Crippen molar-refractivity contribution in [2.75, 3.05) is 51.3 Å². The fraction of sp³-hybridized carbons (Fsp3) is 0.298. The largest absolute Gasteiger partial charge is 0.465 e. The number of aromatic amines is 1. The average Bonchev–Trinajstić information content (AvgIpc) is 3.86. The summed E-state index contributed by atoms with van der Waals surface area (Å²) in [5.41, 5.74) is 9.89. The Labute approximate surface area is 338 Å². The molecule has 6 aromatic rings. The minimum Gasteiger partial charge on any atom is -0.465 e. The maximum Gasteiger partial charge on any atom is 0.408 e. The highest BCUT2D eigenvalue weighted by molar-refractivity contribution is 6.08. The highest BCUT2D eigenvalue weighted by Crippen LogP contribution is 2.42. The van der Waals surface area contributed by atoms with Gasteiger partial charge in [-0.3, -0.25) is 19.4 Å². The van der Waals surface area contributed by atoms with Gasteiger partial charge in [-0.25, -0.2) is 4.79 Å². The molecular weight excluding hydrogens is 729 g/mol. The molecule has 0 bridgehead atoms. The molecule has 0 aliphatic carbocycles. The van der Waals surface area contributed by atoms with E-state index < -0.39 is 12.1 Å². The van der Waals surface area contributed by atoms with Crippen LogP contribution in [-0.4, -0.2) is 99.7 Å². The Morgan fingerprint density at radius 2 is 1.59 bits per heavy atom. The third kappa shape index (κ3) is 6.63. The summed E-state index contributed by atoms with van der Waals surface area (Å²) in [6.07, 6.45) is 2.05. The van der Waals surface area contributed by atoms with Gasteiger partial charge in [-0.15, -0.1) is 0 Å². The lowest BCUT2D eigenvalue weighted by molar-refractivity contribution is 0.0193. The molecule has 4 aromatic carbocycles. The number of amides is 3. The van der Waals surface area contributed by atoms with E-state index in [1.165, 1.54) is 10.5 Å². The second-order valence-electron chi connectivity index (χ2n) is 15.8. The van der Waals surface area contributed by atoms with Crippen molar-refractivity contribution in [1.29, 1.82) is 0 Å². The molecule has 3 aliphatic heterocycles. The fourth-order valence-corrected chi connectivity index (χ4v) is 9.29. The van der Waals surface area contributed by atoms with E-state index in [4.69, 9.17) is 4.74 Å². The third-order valence-electron chi connectivity index (χ3n) is 12.6. The molecule has 1 fully saturated rings. The Morgan fingerprint density at radius 3 is 2.36 bits per heavy atom. The number of carbonyl (C=O) groups is 3. The van der Waals surface area contributed by atoms with Gasteiger partial charge in [-0.2, -0.15) is 0 Å². The molecule has 58 heavy (non-hydrogen) atoms. The first kappa shape index (κ1) is 37.4. The molecule has 1 unspecified atom stereocenters. The zero-order chi connectivity index (χ0) is 40.1. The third-order valence-corrected chi connectivity index (χ3v) is 12.6. The monoisotopic (exact) mass is 776 g/mol. The number of nitrogens with one attached hydrogen (secondary N) is 1. The number of carbonyl (C=O) groups excluding carboxylic acids is 2. The number of para-hydroxylation sites is 2. The predicted octanol–water partition coefficient (Wildman–Crippen LogP) is 7.28. The number of fused-ring (bicyclic) bond motifs is 3. The number of hydrogen-bond acceptors (Lipinski definition) is 5. The van der Waals surface area contributed by atoms with Gasteiger partial charge in [0, 0.05) is 92.8 Å². The van der Waals surface area contributed by atoms with Crippen molar-refractivity contribution >= 4 is 34.5 Å². The van der Waals surface area contributed by atoms with Crippen molar-refractivity contribution in [2.45, 2.75) is 38.4 Å². The smallest absolute Gasteiger partial charge is 0.408 e. The van der Waals surface area contributed by atoms with E-state index in [2.05, 4.69) is 34.1 Å². The number of carboxylic acid groups (broad SMARTS) is 1. The number of morpholine rings is 1. The van der Waals surface area contributed by atoms with E-state index in [0.717, 1.165) is 75.3 Å². The maximum absolute atomic E-state index is 15.7. The lowest BCUT2D eigenvalue weighted by atomic mass is 9.83. The minimum absolute atomic E-state index is 0.102. The van der Waals surface area contributed by atoms with E-state index in [1.54, 1.807) is 11.9 Å². The normalized spacial score (nSPS) is 18.2. The molecule has 0 radical (unpaired) electrons. The Balaban J connectivity index is 1.22. The lowest BCUT2D eigenvalue weighted by Crippen LogP contribution is -2.52. The van der Waals surface area contributed by atoms with E-state index in [-0.39, 0.29) is 17.9 Å². The summed E-state index contributed by atoms with van der Waals surface area (Å²) >= 11 is 0. The second kappa shape index (κ2) is 15.3. The van der Waals surface area contributed by atoms with Crippen LogP contribution in [0.4, 0.5) is 10.5 Å². The Kier molecular flexibility index (Phi) is 9.87. The summed E-state index contributed by atoms with van der Waals surface area (Å²) in [5, 5.41) is 11.6. The van der Waals surface area contributed by atoms with Gasteiger partial charge < -0.3 is 29.2 Å². The van der Waals surface area contributed by atoms with Crippen LogP contribution in [0.2, 0.25) is 0 Å². The van der Waals surface area contributed by atoms with Crippen molar-refractivity contribution in [1.82, 2.24) is 24.3 Å². The summed E-state index contributed by atoms with van der Waals surface area (Å²) < 4.78 is 7.68. The SMILES string of the molecule is Cc1c(C(=O)N(C)c2ccccc2)cc(-c2cc3c(cc2C(=O)N2Cc4ccccc4C[C@H]2CN2CCOCC2)C(c2cccc4cc[nH]c24)N(C(=O)O)CC3)n1C. The highest BCUT2D eigenvalue weighted by atomic mass is 16.5. The number of aromatic nitrogens is 2. The van der Waals surface area contributed by atoms with Gasteiger partial charge in [0.1, 0.15) is 0 Å². The van der Waals surface area contributed by atoms with Gasteiger partial charge >= 0.3 is 6.09 Å². The maximum atomic E-state index is 15.7. The average molecular weight is 777 g/mol. The van der Waals surface area contributed by atoms with E-state index in [0.29, 0.717) is 50.4 Å². The lowest BCUT2D eigenvalue weighted by Gasteiger charge is -2.41. The van der Waals surface area contributed by atoms with Crippen LogP contribution < -0.4 is 4.90 Å². The number of nitrogens with zero attached hydrogens (tertiary/aromatic N) is 5. The van der Waals surface area contributed by atoms with E-state index in [1.807, 2.05) is 102 Å². The number of hydrogen-bond donors (Lipinski definition) is 2. The number of H-pyrrole nitrogens is 1. The van der Waals surface area contributed by atoms with Crippen LogP contribution >= 0.6 is 0 Å². The van der Waals surface area contributed by atoms with E-state index >= 15 is 4.79 Å². The molecule has 9 rings (SSSR count). The van der Waals surface area contributed by atoms with Crippen LogP contribution in [0, 0.1) is 6.92 Å². The first-order valence-corrected chi connectivity index (χ1v) is 20.1. The minimum atomic E-state index is -1.02. The molecule has 5 heterocycles. The van der Waals surface area contributed by atoms with Gasteiger partial charge in [-0.05, 0) is 83.8 Å². The van der Waals surface area contributed by atoms with Crippen molar-refractivity contribution in [2.24, 2.45) is 7.05 Å². The van der Waals surface area contributed by atoms with Gasteiger partial charge in [0.15, 0.2) is 0 Å². The molecule has 0 saturated carbocycles. The zero-order valence-corrected chi connectivity index (χ0v) is 33.1. The van der Waals surface area contributed by atoms with E-state index in [9.17, 15) is 14.7 Å². The Morgan fingerprint density at radius 1 is 0.828 bits per heavy atom. The molecule has 3 aliphatic rings. The van der Waals surface area contributed by atoms with Crippen LogP contribution in [0.3, 0.4) is 0 Å². The molecule has 11 nitrogen and oxygen atoms in total. The fourth-order valence-electron chi connectivity index (χ4n) is 9.29. The van der Waals surface area contributed by atoms with Gasteiger partial charge in [0.05, 0.1) is 30.3 Å². The van der Waals surface area contributed by atoms with Crippen molar-refractivity contribution in [3.05, 3.63) is 148 Å². The molecular formula is C47H48N6O5. The second-order valence-corrected chi connectivity index (χ2v) is 15.8. The summed E-state index contributed by atoms with van der Waals surface area (Å²) in [6.45, 7) is 6.32. The molecule has 3 amide bonds. The highest BCUT2D eigenvalue weighted by Gasteiger charge is 2.38. The van der Waals surface area contributed by atoms with Gasteiger partial charge in [0.2, 0.25) is 0 Å². The first-order chi connectivity index (χ1) is 28.2. The van der Waals surface area contributed by atoms with Crippen molar-refractivity contribution < 1.29 is 24.2 Å². The molecule has 11 heteroatoms. The molecule has 0 spiro atoms. The van der Waals surface area contributed by atoms with Crippen LogP contribution in [0.1, 0.15) is 60.3 Å². The number of anilines is 1. The quantitative estimate of drug-likeness (QED) is 0.176. The first-order valence-electron chi connectivity index (χ1n) is 20.1. The molecule has 2 atom stereocenters. The summed E-state index contributed by atoms with van der Waals surface area (Å²) in [5.74, 6) is -0.270. The molecule has 2 N–H and O–H groups in total.